The van der Waals surface area contributed by atoms with Crippen LogP contribution in [0, 0.1) is 5.82 Å². The lowest BCUT2D eigenvalue weighted by molar-refractivity contribution is 0.00578. The molecule has 0 unspecified atom stereocenters. The largest absolute Gasteiger partial charge is 0.498 e. The molecular weight excluding hydrogens is 341 g/mol. The van der Waals surface area contributed by atoms with Gasteiger partial charge >= 0.3 is 7.12 Å². The van der Waals surface area contributed by atoms with E-state index in [1.54, 1.807) is 0 Å². The lowest BCUT2D eigenvalue weighted by Gasteiger charge is -2.32. The van der Waals surface area contributed by atoms with Gasteiger partial charge in [0, 0.05) is 5.46 Å². The third-order valence-electron chi connectivity index (χ3n) is 4.77. The molecule has 3 rings (SSSR count). The highest BCUT2D eigenvalue weighted by molar-refractivity contribution is 6.63. The van der Waals surface area contributed by atoms with Gasteiger partial charge in [0.2, 0.25) is 0 Å². The first-order chi connectivity index (χ1) is 11.7. The fourth-order valence-electron chi connectivity index (χ4n) is 2.61. The summed E-state index contributed by atoms with van der Waals surface area (Å²) in [6, 6.07) is 12.3. The Morgan fingerprint density at radius 3 is 2.24 bits per heavy atom. The average molecular weight is 363 g/mol. The molecule has 0 aromatic heterocycles. The number of rotatable bonds is 4. The topological polar surface area (TPSA) is 27.7 Å². The highest BCUT2D eigenvalue weighted by Crippen LogP contribution is 2.38. The van der Waals surface area contributed by atoms with Crippen LogP contribution >= 0.6 is 11.6 Å². The molecule has 0 atom stereocenters. The van der Waals surface area contributed by atoms with Crippen LogP contribution in [0.2, 0.25) is 5.02 Å². The Hall–Kier alpha value is -1.56. The number of hydrogen-bond donors (Lipinski definition) is 0. The van der Waals surface area contributed by atoms with Gasteiger partial charge in [-0.25, -0.2) is 4.39 Å². The van der Waals surface area contributed by atoms with E-state index in [1.807, 2.05) is 58.0 Å². The van der Waals surface area contributed by atoms with Gasteiger partial charge in [0.1, 0.15) is 18.2 Å². The number of benzene rings is 2. The second-order valence-corrected chi connectivity index (χ2v) is 7.58. The maximum Gasteiger partial charge on any atom is 0.498 e. The summed E-state index contributed by atoms with van der Waals surface area (Å²) in [5.74, 6) is -0.0767. The van der Waals surface area contributed by atoms with Crippen LogP contribution in [-0.2, 0) is 15.9 Å². The molecule has 0 bridgehead atoms. The summed E-state index contributed by atoms with van der Waals surface area (Å²) in [7, 11) is -0.746. The van der Waals surface area contributed by atoms with Crippen molar-refractivity contribution in [3.8, 4) is 5.75 Å². The molecule has 132 valence electrons. The third-order valence-corrected chi connectivity index (χ3v) is 5.05. The predicted octanol–water partition coefficient (Wildman–Crippen LogP) is 4.36. The van der Waals surface area contributed by atoms with Crippen LogP contribution in [0.15, 0.2) is 42.5 Å². The van der Waals surface area contributed by atoms with Gasteiger partial charge in [-0.15, -0.1) is 0 Å². The Morgan fingerprint density at radius 1 is 1.04 bits per heavy atom. The zero-order chi connectivity index (χ0) is 18.2. The third kappa shape index (κ3) is 3.69. The van der Waals surface area contributed by atoms with Crippen molar-refractivity contribution in [3.05, 3.63) is 58.9 Å². The monoisotopic (exact) mass is 362 g/mol. The Bertz CT molecular complexity index is 749. The van der Waals surface area contributed by atoms with Crippen LogP contribution in [0.5, 0.6) is 5.75 Å². The molecular formula is C19H21BClFO3. The Balaban J connectivity index is 1.91. The summed E-state index contributed by atoms with van der Waals surface area (Å²) < 4.78 is 31.9. The second kappa shape index (κ2) is 6.63. The zero-order valence-electron chi connectivity index (χ0n) is 14.8. The van der Waals surface area contributed by atoms with Crippen LogP contribution in [0.25, 0.3) is 0 Å². The van der Waals surface area contributed by atoms with E-state index in [2.05, 4.69) is 0 Å². The summed E-state index contributed by atoms with van der Waals surface area (Å²) in [6.45, 7) is 8.09. The molecule has 1 aliphatic heterocycles. The molecule has 6 heteroatoms. The van der Waals surface area contributed by atoms with Crippen LogP contribution in [0.4, 0.5) is 4.39 Å². The fraction of sp³-hybridized carbons (Fsp3) is 0.368. The average Bonchev–Trinajstić information content (AvgIpc) is 2.75. The van der Waals surface area contributed by atoms with Crippen molar-refractivity contribution in [2.75, 3.05) is 0 Å². The molecule has 2 aromatic carbocycles. The lowest BCUT2D eigenvalue weighted by atomic mass is 9.78. The van der Waals surface area contributed by atoms with Crippen LogP contribution < -0.4 is 10.2 Å². The van der Waals surface area contributed by atoms with Gasteiger partial charge in [-0.3, -0.25) is 0 Å². The van der Waals surface area contributed by atoms with E-state index in [0.717, 1.165) is 5.56 Å². The molecule has 1 saturated heterocycles. The molecule has 2 aromatic rings. The molecule has 25 heavy (non-hydrogen) atoms. The Kier molecular flexibility index (Phi) is 4.84. The van der Waals surface area contributed by atoms with E-state index < -0.39 is 24.1 Å². The van der Waals surface area contributed by atoms with Crippen molar-refractivity contribution in [2.45, 2.75) is 45.5 Å². The van der Waals surface area contributed by atoms with E-state index >= 15 is 0 Å². The first kappa shape index (κ1) is 18.2. The molecule has 0 spiro atoms. The SMILES string of the molecule is CC1(C)OB(c2cc(F)cc(Cl)c2OCc2ccccc2)OC1(C)C. The summed E-state index contributed by atoms with van der Waals surface area (Å²) in [6.07, 6.45) is 0. The number of hydrogen-bond acceptors (Lipinski definition) is 3. The van der Waals surface area contributed by atoms with Crippen LogP contribution in [0.1, 0.15) is 33.3 Å². The van der Waals surface area contributed by atoms with Crippen molar-refractivity contribution >= 4 is 24.2 Å². The first-order valence-corrected chi connectivity index (χ1v) is 8.59. The van der Waals surface area contributed by atoms with E-state index in [4.69, 9.17) is 25.6 Å². The van der Waals surface area contributed by atoms with Gasteiger partial charge in [-0.05, 0) is 45.4 Å². The standard InChI is InChI=1S/C19H21BClFO3/c1-18(2)19(3,4)25-20(24-18)15-10-14(22)11-16(21)17(15)23-12-13-8-6-5-7-9-13/h5-11H,12H2,1-4H3. The van der Waals surface area contributed by atoms with E-state index in [1.165, 1.54) is 12.1 Å². The smallest absolute Gasteiger partial charge is 0.488 e. The molecule has 0 aliphatic carbocycles. The highest BCUT2D eigenvalue weighted by Gasteiger charge is 2.52. The zero-order valence-corrected chi connectivity index (χ0v) is 15.6. The summed E-state index contributed by atoms with van der Waals surface area (Å²) in [5.41, 5.74) is 0.377. The number of halogens is 2. The first-order valence-electron chi connectivity index (χ1n) is 8.21. The molecule has 1 fully saturated rings. The van der Waals surface area contributed by atoms with Gasteiger partial charge in [0.15, 0.2) is 0 Å². The van der Waals surface area contributed by atoms with Crippen LogP contribution in [-0.4, -0.2) is 18.3 Å². The summed E-state index contributed by atoms with van der Waals surface area (Å²) >= 11 is 6.25. The van der Waals surface area contributed by atoms with Crippen molar-refractivity contribution in [1.82, 2.24) is 0 Å². The second-order valence-electron chi connectivity index (χ2n) is 7.17. The molecule has 0 N–H and O–H groups in total. The highest BCUT2D eigenvalue weighted by atomic mass is 35.5. The minimum Gasteiger partial charge on any atom is -0.488 e. The molecule has 1 aliphatic rings. The minimum atomic E-state index is -0.746. The van der Waals surface area contributed by atoms with Crippen molar-refractivity contribution in [1.29, 1.82) is 0 Å². The molecule has 1 heterocycles. The van der Waals surface area contributed by atoms with Gasteiger partial charge in [0.05, 0.1) is 16.2 Å². The number of ether oxygens (including phenoxy) is 1. The normalized spacial score (nSPS) is 18.4. The summed E-state index contributed by atoms with van der Waals surface area (Å²) in [5, 5.41) is 0.195. The maximum atomic E-state index is 14.0. The van der Waals surface area contributed by atoms with Gasteiger partial charge in [-0.1, -0.05) is 41.9 Å². The van der Waals surface area contributed by atoms with Gasteiger partial charge in [0.25, 0.3) is 0 Å². The summed E-state index contributed by atoms with van der Waals surface area (Å²) in [4.78, 5) is 0. The molecule has 3 nitrogen and oxygen atoms in total. The minimum absolute atomic E-state index is 0.195. The van der Waals surface area contributed by atoms with Crippen molar-refractivity contribution < 1.29 is 18.4 Å². The van der Waals surface area contributed by atoms with E-state index in [0.29, 0.717) is 17.8 Å². The molecule has 0 saturated carbocycles. The van der Waals surface area contributed by atoms with Crippen LogP contribution in [0.3, 0.4) is 0 Å². The van der Waals surface area contributed by atoms with Crippen molar-refractivity contribution in [2.24, 2.45) is 0 Å². The Labute approximate surface area is 153 Å². The van der Waals surface area contributed by atoms with Gasteiger partial charge < -0.3 is 14.0 Å². The lowest BCUT2D eigenvalue weighted by Crippen LogP contribution is -2.41. The quantitative estimate of drug-likeness (QED) is 0.757. The van der Waals surface area contributed by atoms with Gasteiger partial charge in [-0.2, -0.15) is 0 Å². The maximum absolute atomic E-state index is 14.0. The molecule has 0 amide bonds. The predicted molar refractivity (Wildman–Crippen MR) is 97.9 cm³/mol. The molecule has 0 radical (unpaired) electrons. The van der Waals surface area contributed by atoms with E-state index in [-0.39, 0.29) is 5.02 Å². The van der Waals surface area contributed by atoms with E-state index in [9.17, 15) is 4.39 Å². The Morgan fingerprint density at radius 2 is 1.64 bits per heavy atom. The van der Waals surface area contributed by atoms with Crippen molar-refractivity contribution in [3.63, 3.8) is 0 Å². The fourth-order valence-corrected chi connectivity index (χ4v) is 2.88.